The smallest absolute Gasteiger partial charge is 0.130 e. The summed E-state index contributed by atoms with van der Waals surface area (Å²) in [6, 6.07) is 11.8. The summed E-state index contributed by atoms with van der Waals surface area (Å²) in [6.07, 6.45) is 1.86. The van der Waals surface area contributed by atoms with Crippen molar-refractivity contribution >= 4 is 17.7 Å². The minimum atomic E-state index is 0.407. The van der Waals surface area contributed by atoms with E-state index in [0.29, 0.717) is 6.61 Å². The first-order valence-corrected chi connectivity index (χ1v) is 9.07. The molecule has 0 bridgehead atoms. The van der Waals surface area contributed by atoms with E-state index in [1.54, 1.807) is 14.2 Å². The fraction of sp³-hybridized carbons (Fsp3) is 0.364. The number of rotatable bonds is 8. The average Bonchev–Trinajstić information content (AvgIpc) is 2.69. The largest absolute Gasteiger partial charge is 0.497 e. The molecule has 0 radical (unpaired) electrons. The molecule has 0 fully saturated rings. The van der Waals surface area contributed by atoms with Gasteiger partial charge in [-0.3, -0.25) is 4.99 Å². The topological polar surface area (TPSA) is 46.4 Å². The normalized spacial score (nSPS) is 11.7. The predicted octanol–water partition coefficient (Wildman–Crippen LogP) is 4.42. The van der Waals surface area contributed by atoms with Crippen LogP contribution >= 0.6 is 0 Å². The van der Waals surface area contributed by atoms with Crippen molar-refractivity contribution in [3.05, 3.63) is 53.1 Å². The Morgan fingerprint density at radius 2 is 1.74 bits per heavy atom. The molecule has 2 aromatic carbocycles. The summed E-state index contributed by atoms with van der Waals surface area (Å²) in [5, 5.41) is 0. The molecule has 0 aliphatic carbocycles. The van der Waals surface area contributed by atoms with Crippen LogP contribution in [0.1, 0.15) is 23.6 Å². The molecule has 5 heteroatoms. The van der Waals surface area contributed by atoms with Gasteiger partial charge in [0.15, 0.2) is 0 Å². The molecule has 0 aromatic heterocycles. The minimum Gasteiger partial charge on any atom is -0.497 e. The lowest BCUT2D eigenvalue weighted by atomic mass is 10.00. The highest BCUT2D eigenvalue weighted by molar-refractivity contribution is 6.03. The van der Waals surface area contributed by atoms with Gasteiger partial charge in [0, 0.05) is 26.2 Å². The maximum atomic E-state index is 5.91. The number of methoxy groups -OCH3 is 1. The highest BCUT2D eigenvalue weighted by Gasteiger charge is 2.11. The van der Waals surface area contributed by atoms with E-state index in [1.807, 2.05) is 42.6 Å². The van der Waals surface area contributed by atoms with Gasteiger partial charge in [0.05, 0.1) is 24.8 Å². The van der Waals surface area contributed by atoms with Crippen molar-refractivity contribution in [3.8, 4) is 11.5 Å². The van der Waals surface area contributed by atoms with Gasteiger partial charge < -0.3 is 14.4 Å². The third-order valence-corrected chi connectivity index (χ3v) is 4.45. The second kappa shape index (κ2) is 9.76. The summed E-state index contributed by atoms with van der Waals surface area (Å²) < 4.78 is 11.1. The lowest BCUT2D eigenvalue weighted by Gasteiger charge is -2.14. The monoisotopic (exact) mass is 367 g/mol. The summed E-state index contributed by atoms with van der Waals surface area (Å²) in [7, 11) is 5.46. The van der Waals surface area contributed by atoms with Gasteiger partial charge in [-0.1, -0.05) is 0 Å². The lowest BCUT2D eigenvalue weighted by Crippen LogP contribution is -2.15. The van der Waals surface area contributed by atoms with Crippen molar-refractivity contribution in [3.63, 3.8) is 0 Å². The Hall–Kier alpha value is -2.82. The number of hydrogen-bond acceptors (Lipinski definition) is 4. The second-order valence-corrected chi connectivity index (χ2v) is 6.41. The summed E-state index contributed by atoms with van der Waals surface area (Å²) >= 11 is 0. The molecule has 0 unspecified atom stereocenters. The standard InChI is InChI=1S/C22H29N3O2/c1-7-25(5)15-24-21-13-16(2)20(12-17(21)3)22(23-4)14-27-19-10-8-18(26-6)9-11-19/h8-13,15H,7,14H2,1-6H3/b23-22+,24-15+. The van der Waals surface area contributed by atoms with Gasteiger partial charge in [-0.25, -0.2) is 4.99 Å². The van der Waals surface area contributed by atoms with Crippen LogP contribution in [0.15, 0.2) is 46.4 Å². The Morgan fingerprint density at radius 3 is 2.33 bits per heavy atom. The maximum Gasteiger partial charge on any atom is 0.130 e. The van der Waals surface area contributed by atoms with E-state index in [0.717, 1.165) is 46.1 Å². The molecule has 0 saturated heterocycles. The van der Waals surface area contributed by atoms with Gasteiger partial charge in [-0.15, -0.1) is 0 Å². The Bertz CT molecular complexity index is 811. The van der Waals surface area contributed by atoms with Gasteiger partial charge in [0.1, 0.15) is 18.1 Å². The Kier molecular flexibility index (Phi) is 7.41. The zero-order valence-electron chi connectivity index (χ0n) is 17.1. The molecule has 144 valence electrons. The van der Waals surface area contributed by atoms with Crippen LogP contribution in [0.3, 0.4) is 0 Å². The van der Waals surface area contributed by atoms with Crippen molar-refractivity contribution in [1.29, 1.82) is 0 Å². The minimum absolute atomic E-state index is 0.407. The number of aliphatic imine (C=N–C) groups is 2. The van der Waals surface area contributed by atoms with Crippen molar-refractivity contribution in [2.75, 3.05) is 34.4 Å². The van der Waals surface area contributed by atoms with Crippen LogP contribution in [0.4, 0.5) is 5.69 Å². The van der Waals surface area contributed by atoms with E-state index in [9.17, 15) is 0 Å². The van der Waals surface area contributed by atoms with Crippen molar-refractivity contribution in [1.82, 2.24) is 4.90 Å². The highest BCUT2D eigenvalue weighted by Crippen LogP contribution is 2.24. The van der Waals surface area contributed by atoms with E-state index in [4.69, 9.17) is 9.47 Å². The van der Waals surface area contributed by atoms with Crippen LogP contribution in [0.2, 0.25) is 0 Å². The molecule has 5 nitrogen and oxygen atoms in total. The molecule has 0 aliphatic heterocycles. The molecule has 2 rings (SSSR count). The zero-order chi connectivity index (χ0) is 19.8. The summed E-state index contributed by atoms with van der Waals surface area (Å²) in [5.74, 6) is 1.60. The number of aryl methyl sites for hydroxylation is 2. The third-order valence-electron chi connectivity index (χ3n) is 4.45. The number of benzene rings is 2. The fourth-order valence-electron chi connectivity index (χ4n) is 2.58. The Balaban J connectivity index is 2.16. The van der Waals surface area contributed by atoms with Crippen molar-refractivity contribution in [2.45, 2.75) is 20.8 Å². The molecule has 0 N–H and O–H groups in total. The summed E-state index contributed by atoms with van der Waals surface area (Å²) in [6.45, 7) is 7.58. The molecule has 0 spiro atoms. The molecule has 0 heterocycles. The average molecular weight is 367 g/mol. The summed E-state index contributed by atoms with van der Waals surface area (Å²) in [4.78, 5) is 11.1. The second-order valence-electron chi connectivity index (χ2n) is 6.41. The van der Waals surface area contributed by atoms with Crippen LogP contribution < -0.4 is 9.47 Å². The summed E-state index contributed by atoms with van der Waals surface area (Å²) in [5.41, 5.74) is 5.22. The molecule has 0 saturated carbocycles. The van der Waals surface area contributed by atoms with E-state index in [-0.39, 0.29) is 0 Å². The number of hydrogen-bond donors (Lipinski definition) is 0. The molecule has 0 amide bonds. The zero-order valence-corrected chi connectivity index (χ0v) is 17.1. The Morgan fingerprint density at radius 1 is 1.07 bits per heavy atom. The third kappa shape index (κ3) is 5.58. The van der Waals surface area contributed by atoms with Crippen LogP contribution in [0.5, 0.6) is 11.5 Å². The molecule has 27 heavy (non-hydrogen) atoms. The highest BCUT2D eigenvalue weighted by atomic mass is 16.5. The Labute approximate surface area is 162 Å². The van der Waals surface area contributed by atoms with Crippen LogP contribution in [-0.2, 0) is 0 Å². The SMILES string of the molecule is CCN(C)/C=N/c1cc(C)c(/C(COc2ccc(OC)cc2)=N/C)cc1C. The molecular weight excluding hydrogens is 338 g/mol. The van der Waals surface area contributed by atoms with Crippen molar-refractivity contribution in [2.24, 2.45) is 9.98 Å². The number of nitrogens with zero attached hydrogens (tertiary/aromatic N) is 3. The lowest BCUT2D eigenvalue weighted by molar-refractivity contribution is 0.374. The van der Waals surface area contributed by atoms with Crippen LogP contribution in [0, 0.1) is 13.8 Å². The molecule has 0 aliphatic rings. The first-order chi connectivity index (χ1) is 13.0. The fourth-order valence-corrected chi connectivity index (χ4v) is 2.58. The first-order valence-electron chi connectivity index (χ1n) is 9.07. The van der Waals surface area contributed by atoms with E-state index in [1.165, 1.54) is 0 Å². The van der Waals surface area contributed by atoms with E-state index in [2.05, 4.69) is 42.9 Å². The number of ether oxygens (including phenoxy) is 2. The van der Waals surface area contributed by atoms with Crippen molar-refractivity contribution < 1.29 is 9.47 Å². The predicted molar refractivity (Wildman–Crippen MR) is 113 cm³/mol. The van der Waals surface area contributed by atoms with E-state index < -0.39 is 0 Å². The molecular formula is C22H29N3O2. The first kappa shape index (κ1) is 20.5. The van der Waals surface area contributed by atoms with Gasteiger partial charge in [0.25, 0.3) is 0 Å². The van der Waals surface area contributed by atoms with Gasteiger partial charge >= 0.3 is 0 Å². The van der Waals surface area contributed by atoms with E-state index >= 15 is 0 Å². The quantitative estimate of drug-likeness (QED) is 0.512. The van der Waals surface area contributed by atoms with Crippen LogP contribution in [-0.4, -0.2) is 51.3 Å². The van der Waals surface area contributed by atoms with Gasteiger partial charge in [-0.2, -0.15) is 0 Å². The van der Waals surface area contributed by atoms with Gasteiger partial charge in [0.2, 0.25) is 0 Å². The molecule has 2 aromatic rings. The molecule has 0 atom stereocenters. The van der Waals surface area contributed by atoms with Crippen LogP contribution in [0.25, 0.3) is 0 Å². The van der Waals surface area contributed by atoms with Gasteiger partial charge in [-0.05, 0) is 68.3 Å². The maximum absolute atomic E-state index is 5.91.